The van der Waals surface area contributed by atoms with Crippen molar-refractivity contribution in [2.24, 2.45) is 5.41 Å². The van der Waals surface area contributed by atoms with Gasteiger partial charge in [0.25, 0.3) is 10.0 Å². The third-order valence-electron chi connectivity index (χ3n) is 4.45. The van der Waals surface area contributed by atoms with E-state index in [2.05, 4.69) is 15.4 Å². The number of rotatable bonds is 5. The summed E-state index contributed by atoms with van der Waals surface area (Å²) in [6, 6.07) is 10.6. The minimum atomic E-state index is -3.84. The predicted octanol–water partition coefficient (Wildman–Crippen LogP) is 3.19. The van der Waals surface area contributed by atoms with Crippen LogP contribution in [0.2, 0.25) is 0 Å². The van der Waals surface area contributed by atoms with Gasteiger partial charge in [0.2, 0.25) is 11.8 Å². The second kappa shape index (κ2) is 7.75. The van der Waals surface area contributed by atoms with Gasteiger partial charge in [-0.1, -0.05) is 6.92 Å². The van der Waals surface area contributed by atoms with Crippen LogP contribution in [0.3, 0.4) is 0 Å². The molecule has 0 radical (unpaired) electrons. The molecule has 2 aromatic carbocycles. The smallest absolute Gasteiger partial charge is 0.261 e. The first-order chi connectivity index (χ1) is 13.6. The Hall–Kier alpha value is -3.07. The maximum atomic E-state index is 12.7. The third kappa shape index (κ3) is 4.68. The van der Waals surface area contributed by atoms with Crippen LogP contribution < -0.4 is 20.1 Å². The summed E-state index contributed by atoms with van der Waals surface area (Å²) in [6.45, 7) is 5.44. The molecule has 2 aromatic rings. The number of hydrogen-bond donors (Lipinski definition) is 3. The third-order valence-corrected chi connectivity index (χ3v) is 5.85. The molecule has 8 nitrogen and oxygen atoms in total. The quantitative estimate of drug-likeness (QED) is 0.691. The number of carbonyl (C=O) groups is 2. The Morgan fingerprint density at radius 3 is 2.45 bits per heavy atom. The first-order valence-electron chi connectivity index (χ1n) is 9.12. The van der Waals surface area contributed by atoms with Crippen LogP contribution in [0.25, 0.3) is 0 Å². The van der Waals surface area contributed by atoms with E-state index in [1.165, 1.54) is 30.3 Å². The van der Waals surface area contributed by atoms with Crippen molar-refractivity contribution in [3.05, 3.63) is 42.5 Å². The highest BCUT2D eigenvalue weighted by Crippen LogP contribution is 2.34. The number of ether oxygens (including phenoxy) is 1. The van der Waals surface area contributed by atoms with Gasteiger partial charge >= 0.3 is 0 Å². The summed E-state index contributed by atoms with van der Waals surface area (Å²) in [5.41, 5.74) is 0.612. The molecule has 1 aliphatic rings. The standard InChI is InChI=1S/C20H23N3O5S/c1-4-18(24)21-13-5-8-15(9-6-13)29(26,27)23-14-7-10-16-17(11-14)28-12-20(2,3)19(25)22-16/h5-11,23H,4,12H2,1-3H3,(H,21,24)(H,22,25). The highest BCUT2D eigenvalue weighted by molar-refractivity contribution is 7.92. The molecule has 2 amide bonds. The van der Waals surface area contributed by atoms with Crippen LogP contribution in [0.4, 0.5) is 17.1 Å². The maximum absolute atomic E-state index is 12.7. The molecule has 154 valence electrons. The van der Waals surface area contributed by atoms with Crippen molar-refractivity contribution in [3.8, 4) is 5.75 Å². The van der Waals surface area contributed by atoms with Gasteiger partial charge in [-0.05, 0) is 50.2 Å². The summed E-state index contributed by atoms with van der Waals surface area (Å²) in [5.74, 6) is 0.0700. The lowest BCUT2D eigenvalue weighted by molar-refractivity contribution is -0.125. The van der Waals surface area contributed by atoms with E-state index in [4.69, 9.17) is 4.74 Å². The monoisotopic (exact) mass is 417 g/mol. The fourth-order valence-corrected chi connectivity index (χ4v) is 3.65. The molecule has 1 heterocycles. The first kappa shape index (κ1) is 20.7. The average molecular weight is 417 g/mol. The topological polar surface area (TPSA) is 114 Å². The Kier molecular flexibility index (Phi) is 5.52. The average Bonchev–Trinajstić information content (AvgIpc) is 2.78. The van der Waals surface area contributed by atoms with Crippen molar-refractivity contribution in [2.45, 2.75) is 32.1 Å². The minimum absolute atomic E-state index is 0.0531. The van der Waals surface area contributed by atoms with Gasteiger partial charge in [0.1, 0.15) is 12.4 Å². The van der Waals surface area contributed by atoms with Gasteiger partial charge in [0.05, 0.1) is 21.7 Å². The normalized spacial score (nSPS) is 15.3. The van der Waals surface area contributed by atoms with Crippen LogP contribution in [-0.2, 0) is 19.6 Å². The number of sulfonamides is 1. The first-order valence-corrected chi connectivity index (χ1v) is 10.6. The van der Waals surface area contributed by atoms with E-state index in [9.17, 15) is 18.0 Å². The van der Waals surface area contributed by atoms with Gasteiger partial charge in [-0.2, -0.15) is 0 Å². The van der Waals surface area contributed by atoms with Gasteiger partial charge in [0, 0.05) is 18.2 Å². The van der Waals surface area contributed by atoms with E-state index >= 15 is 0 Å². The van der Waals surface area contributed by atoms with Gasteiger partial charge in [-0.15, -0.1) is 0 Å². The summed E-state index contributed by atoms with van der Waals surface area (Å²) in [4.78, 5) is 23.7. The molecule has 3 N–H and O–H groups in total. The molecular formula is C20H23N3O5S. The van der Waals surface area contributed by atoms with E-state index in [0.717, 1.165) is 0 Å². The summed E-state index contributed by atoms with van der Waals surface area (Å²) in [7, 11) is -3.84. The van der Waals surface area contributed by atoms with E-state index in [1.54, 1.807) is 32.9 Å². The van der Waals surface area contributed by atoms with Gasteiger partial charge in [-0.25, -0.2) is 8.42 Å². The summed E-state index contributed by atoms with van der Waals surface area (Å²) in [5, 5.41) is 5.45. The molecule has 0 saturated carbocycles. The van der Waals surface area contributed by atoms with Crippen LogP contribution in [0.15, 0.2) is 47.4 Å². The fraction of sp³-hybridized carbons (Fsp3) is 0.300. The molecule has 0 aliphatic carbocycles. The molecule has 0 spiro atoms. The lowest BCUT2D eigenvalue weighted by atomic mass is 9.94. The molecule has 0 atom stereocenters. The second-order valence-electron chi connectivity index (χ2n) is 7.37. The Morgan fingerprint density at radius 1 is 1.14 bits per heavy atom. The molecule has 0 unspecified atom stereocenters. The van der Waals surface area contributed by atoms with Gasteiger partial charge in [-0.3, -0.25) is 14.3 Å². The Morgan fingerprint density at radius 2 is 1.79 bits per heavy atom. The van der Waals surface area contributed by atoms with Crippen molar-refractivity contribution in [1.82, 2.24) is 0 Å². The molecule has 0 aromatic heterocycles. The Balaban J connectivity index is 1.78. The van der Waals surface area contributed by atoms with E-state index in [-0.39, 0.29) is 23.3 Å². The number of hydrogen-bond acceptors (Lipinski definition) is 5. The lowest BCUT2D eigenvalue weighted by Crippen LogP contribution is -2.33. The predicted molar refractivity (Wildman–Crippen MR) is 111 cm³/mol. The number of amides is 2. The molecule has 3 rings (SSSR count). The van der Waals surface area contributed by atoms with Crippen LogP contribution >= 0.6 is 0 Å². The molecule has 29 heavy (non-hydrogen) atoms. The van der Waals surface area contributed by atoms with Gasteiger partial charge < -0.3 is 15.4 Å². The zero-order valence-electron chi connectivity index (χ0n) is 16.4. The van der Waals surface area contributed by atoms with Crippen LogP contribution in [-0.4, -0.2) is 26.8 Å². The van der Waals surface area contributed by atoms with Crippen molar-refractivity contribution in [3.63, 3.8) is 0 Å². The number of fused-ring (bicyclic) bond motifs is 1. The van der Waals surface area contributed by atoms with Crippen LogP contribution in [0.5, 0.6) is 5.75 Å². The molecule has 0 fully saturated rings. The van der Waals surface area contributed by atoms with Crippen LogP contribution in [0, 0.1) is 5.41 Å². The Bertz CT molecular complexity index is 1050. The minimum Gasteiger partial charge on any atom is -0.490 e. The van der Waals surface area contributed by atoms with Crippen molar-refractivity contribution < 1.29 is 22.7 Å². The molecular weight excluding hydrogens is 394 g/mol. The highest BCUT2D eigenvalue weighted by atomic mass is 32.2. The van der Waals surface area contributed by atoms with E-state index in [1.807, 2.05) is 0 Å². The van der Waals surface area contributed by atoms with Gasteiger partial charge in [0.15, 0.2) is 0 Å². The number of nitrogens with one attached hydrogen (secondary N) is 3. The highest BCUT2D eigenvalue weighted by Gasteiger charge is 2.32. The molecule has 0 bridgehead atoms. The SMILES string of the molecule is CCC(=O)Nc1ccc(S(=O)(=O)Nc2ccc3c(c2)OCC(C)(C)C(=O)N3)cc1. The summed E-state index contributed by atoms with van der Waals surface area (Å²) < 4.78 is 33.5. The van der Waals surface area contributed by atoms with Crippen molar-refractivity contribution in [2.75, 3.05) is 22.0 Å². The summed E-state index contributed by atoms with van der Waals surface area (Å²) >= 11 is 0. The largest absolute Gasteiger partial charge is 0.490 e. The zero-order chi connectivity index (χ0) is 21.2. The van der Waals surface area contributed by atoms with Crippen molar-refractivity contribution in [1.29, 1.82) is 0 Å². The molecule has 9 heteroatoms. The molecule has 1 aliphatic heterocycles. The molecule has 0 saturated heterocycles. The van der Waals surface area contributed by atoms with E-state index in [0.29, 0.717) is 29.2 Å². The lowest BCUT2D eigenvalue weighted by Gasteiger charge is -2.18. The second-order valence-corrected chi connectivity index (χ2v) is 9.05. The summed E-state index contributed by atoms with van der Waals surface area (Å²) in [6.07, 6.45) is 0.333. The fourth-order valence-electron chi connectivity index (χ4n) is 2.60. The number of carbonyl (C=O) groups excluding carboxylic acids is 2. The van der Waals surface area contributed by atoms with Crippen LogP contribution in [0.1, 0.15) is 27.2 Å². The Labute approximate surface area is 169 Å². The zero-order valence-corrected chi connectivity index (χ0v) is 17.2. The van der Waals surface area contributed by atoms with E-state index < -0.39 is 15.4 Å². The number of benzene rings is 2. The van der Waals surface area contributed by atoms with Crippen molar-refractivity contribution >= 4 is 38.9 Å². The number of anilines is 3. The maximum Gasteiger partial charge on any atom is 0.261 e.